The topological polar surface area (TPSA) is 141 Å². The van der Waals surface area contributed by atoms with E-state index in [9.17, 15) is 14.7 Å². The van der Waals surface area contributed by atoms with E-state index in [1.807, 2.05) is 0 Å². The number of pyridine rings is 1. The maximum Gasteiger partial charge on any atom is 0.262 e. The molecule has 9 heteroatoms. The Morgan fingerprint density at radius 3 is 2.34 bits per heavy atom. The maximum atomic E-state index is 12.9. The number of aromatic nitrogens is 1. The molecule has 0 aliphatic rings. The van der Waals surface area contributed by atoms with Crippen LogP contribution >= 0.6 is 11.6 Å². The summed E-state index contributed by atoms with van der Waals surface area (Å²) >= 11 is 5.82. The molecule has 0 aliphatic heterocycles. The Balaban J connectivity index is 1.95. The van der Waals surface area contributed by atoms with E-state index in [1.165, 1.54) is 24.4 Å². The quantitative estimate of drug-likeness (QED) is 0.286. The second-order valence-corrected chi connectivity index (χ2v) is 7.68. The Labute approximate surface area is 190 Å². The molecular weight excluding hydrogens is 430 g/mol. The number of aromatic hydroxyl groups is 1. The number of carbonyl (C=O) groups is 2. The van der Waals surface area contributed by atoms with Crippen LogP contribution in [0.1, 0.15) is 44.3 Å². The van der Waals surface area contributed by atoms with Gasteiger partial charge in [-0.25, -0.2) is 4.98 Å². The van der Waals surface area contributed by atoms with Crippen LogP contribution in [-0.2, 0) is 0 Å². The number of phenolic OH excluding ortho intramolecular Hbond substituents is 1. The van der Waals surface area contributed by atoms with Gasteiger partial charge in [0.2, 0.25) is 0 Å². The fourth-order valence-electron chi connectivity index (χ4n) is 3.18. The van der Waals surface area contributed by atoms with Crippen LogP contribution in [0.3, 0.4) is 0 Å². The largest absolute Gasteiger partial charge is 0.507 e. The normalized spacial score (nSPS) is 10.5. The minimum atomic E-state index is -0.657. The van der Waals surface area contributed by atoms with Gasteiger partial charge in [-0.05, 0) is 61.7 Å². The van der Waals surface area contributed by atoms with Gasteiger partial charge in [-0.2, -0.15) is 0 Å². The highest BCUT2D eigenvalue weighted by molar-refractivity contribution is 6.30. The van der Waals surface area contributed by atoms with Crippen molar-refractivity contribution in [3.05, 3.63) is 75.4 Å². The molecule has 0 unspecified atom stereocenters. The first-order chi connectivity index (χ1) is 15.1. The second kappa shape index (κ2) is 9.07. The number of nitrogen functional groups attached to an aromatic ring is 1. The minimum Gasteiger partial charge on any atom is -0.507 e. The van der Waals surface area contributed by atoms with Crippen molar-refractivity contribution < 1.29 is 14.7 Å². The fraction of sp³-hybridized carbons (Fsp3) is 0.130. The highest BCUT2D eigenvalue weighted by Gasteiger charge is 2.22. The molecule has 0 radical (unpaired) electrons. The first-order valence-corrected chi connectivity index (χ1v) is 9.99. The molecule has 0 fully saturated rings. The van der Waals surface area contributed by atoms with Crippen molar-refractivity contribution in [3.63, 3.8) is 0 Å². The lowest BCUT2D eigenvalue weighted by atomic mass is 9.98. The zero-order valence-electron chi connectivity index (χ0n) is 17.7. The highest BCUT2D eigenvalue weighted by Crippen LogP contribution is 2.31. The number of nitrogens with one attached hydrogen (secondary N) is 3. The average molecular weight is 452 g/mol. The summed E-state index contributed by atoms with van der Waals surface area (Å²) in [6.07, 6.45) is 1.38. The molecule has 3 rings (SSSR count). The van der Waals surface area contributed by atoms with E-state index in [-0.39, 0.29) is 34.1 Å². The molecule has 0 bridgehead atoms. The molecule has 1 heterocycles. The van der Waals surface area contributed by atoms with E-state index in [4.69, 9.17) is 22.7 Å². The Hall–Kier alpha value is -3.91. The van der Waals surface area contributed by atoms with E-state index in [2.05, 4.69) is 15.6 Å². The summed E-state index contributed by atoms with van der Waals surface area (Å²) < 4.78 is 0. The van der Waals surface area contributed by atoms with Gasteiger partial charge in [-0.1, -0.05) is 23.7 Å². The maximum absolute atomic E-state index is 12.9. The van der Waals surface area contributed by atoms with Crippen molar-refractivity contribution in [1.29, 1.82) is 5.41 Å². The van der Waals surface area contributed by atoms with Crippen molar-refractivity contribution in [3.8, 4) is 5.75 Å². The SMILES string of the molecule is CC(=N)c1ccc(C(=O)Nc2ccc(C)c(O)c2C(=O)Nc2ccc(Cl)cn2)c(N)c1C. The second-order valence-electron chi connectivity index (χ2n) is 7.25. The molecule has 0 aliphatic carbocycles. The molecule has 32 heavy (non-hydrogen) atoms. The van der Waals surface area contributed by atoms with E-state index >= 15 is 0 Å². The molecule has 0 spiro atoms. The number of nitrogens with two attached hydrogens (primary N) is 1. The van der Waals surface area contributed by atoms with Gasteiger partial charge >= 0.3 is 0 Å². The number of aryl methyl sites for hydroxylation is 1. The molecule has 2 aromatic carbocycles. The van der Waals surface area contributed by atoms with Crippen molar-refractivity contribution in [2.75, 3.05) is 16.4 Å². The van der Waals surface area contributed by atoms with E-state index in [0.717, 1.165) is 0 Å². The van der Waals surface area contributed by atoms with E-state index < -0.39 is 11.8 Å². The monoisotopic (exact) mass is 451 g/mol. The van der Waals surface area contributed by atoms with Crippen LogP contribution in [0, 0.1) is 19.3 Å². The molecule has 0 atom stereocenters. The number of amides is 2. The van der Waals surface area contributed by atoms with Crippen molar-refractivity contribution >= 4 is 46.3 Å². The zero-order chi connectivity index (χ0) is 23.6. The number of halogens is 1. The predicted octanol–water partition coefficient (Wildman–Crippen LogP) is 4.53. The molecule has 2 amide bonds. The molecule has 0 saturated heterocycles. The summed E-state index contributed by atoms with van der Waals surface area (Å²) in [6, 6.07) is 9.36. The Bertz CT molecular complexity index is 1240. The third-order valence-electron chi connectivity index (χ3n) is 4.99. The number of benzene rings is 2. The first kappa shape index (κ1) is 22.8. The molecular formula is C23H22ClN5O3. The summed E-state index contributed by atoms with van der Waals surface area (Å²) in [5.74, 6) is -1.25. The summed E-state index contributed by atoms with van der Waals surface area (Å²) in [7, 11) is 0. The minimum absolute atomic E-state index is 0.105. The molecule has 6 N–H and O–H groups in total. The molecule has 164 valence electrons. The third kappa shape index (κ3) is 4.55. The number of rotatable bonds is 5. The van der Waals surface area contributed by atoms with Gasteiger partial charge in [0.25, 0.3) is 11.8 Å². The lowest BCUT2D eigenvalue weighted by Gasteiger charge is -2.16. The number of anilines is 3. The molecule has 1 aromatic heterocycles. The summed E-state index contributed by atoms with van der Waals surface area (Å²) in [5, 5.41) is 24.0. The van der Waals surface area contributed by atoms with E-state index in [0.29, 0.717) is 27.4 Å². The van der Waals surface area contributed by atoms with Gasteiger partial charge in [0.05, 0.1) is 16.3 Å². The number of carbonyl (C=O) groups excluding carboxylic acids is 2. The Kier molecular flexibility index (Phi) is 6.45. The summed E-state index contributed by atoms with van der Waals surface area (Å²) in [5.41, 5.74) is 8.60. The number of phenols is 1. The predicted molar refractivity (Wildman–Crippen MR) is 126 cm³/mol. The van der Waals surface area contributed by atoms with Crippen LogP contribution in [-0.4, -0.2) is 27.6 Å². The molecule has 0 saturated carbocycles. The number of hydrogen-bond donors (Lipinski definition) is 5. The number of hydrogen-bond acceptors (Lipinski definition) is 6. The van der Waals surface area contributed by atoms with Crippen LogP contribution in [0.4, 0.5) is 17.2 Å². The molecule has 8 nitrogen and oxygen atoms in total. The van der Waals surface area contributed by atoms with Gasteiger partial charge < -0.3 is 26.9 Å². The summed E-state index contributed by atoms with van der Waals surface area (Å²) in [6.45, 7) is 5.00. The van der Waals surface area contributed by atoms with Crippen molar-refractivity contribution in [2.24, 2.45) is 0 Å². The molecule has 3 aromatic rings. The van der Waals surface area contributed by atoms with E-state index in [1.54, 1.807) is 39.0 Å². The summed E-state index contributed by atoms with van der Waals surface area (Å²) in [4.78, 5) is 29.9. The Morgan fingerprint density at radius 1 is 1.03 bits per heavy atom. The smallest absolute Gasteiger partial charge is 0.262 e. The van der Waals surface area contributed by atoms with Crippen LogP contribution in [0.5, 0.6) is 5.75 Å². The van der Waals surface area contributed by atoms with Crippen LogP contribution < -0.4 is 16.4 Å². The average Bonchev–Trinajstić information content (AvgIpc) is 2.74. The fourth-order valence-corrected chi connectivity index (χ4v) is 3.29. The van der Waals surface area contributed by atoms with Crippen LogP contribution in [0.2, 0.25) is 5.02 Å². The van der Waals surface area contributed by atoms with Gasteiger partial charge in [0.1, 0.15) is 17.1 Å². The standard InChI is InChI=1S/C23H22ClN5O3/c1-11-4-8-17(19(21(11)30)23(32)29-18-9-5-14(24)10-27-18)28-22(31)16-7-6-15(13(3)25)12(2)20(16)26/h4-10,25,30H,26H2,1-3H3,(H,28,31)(H,27,29,32). The highest BCUT2D eigenvalue weighted by atomic mass is 35.5. The number of nitrogens with zero attached hydrogens (tertiary/aromatic N) is 1. The Morgan fingerprint density at radius 2 is 1.72 bits per heavy atom. The third-order valence-corrected chi connectivity index (χ3v) is 5.21. The van der Waals surface area contributed by atoms with Crippen LogP contribution in [0.25, 0.3) is 0 Å². The first-order valence-electron chi connectivity index (χ1n) is 9.61. The van der Waals surface area contributed by atoms with Gasteiger partial charge in [-0.3, -0.25) is 9.59 Å². The van der Waals surface area contributed by atoms with Crippen molar-refractivity contribution in [1.82, 2.24) is 4.98 Å². The van der Waals surface area contributed by atoms with Crippen LogP contribution in [0.15, 0.2) is 42.6 Å². The van der Waals surface area contributed by atoms with Gasteiger partial charge in [0.15, 0.2) is 0 Å². The van der Waals surface area contributed by atoms with Gasteiger partial charge in [0, 0.05) is 17.6 Å². The lowest BCUT2D eigenvalue weighted by molar-refractivity contribution is 0.102. The zero-order valence-corrected chi connectivity index (χ0v) is 18.5. The van der Waals surface area contributed by atoms with Gasteiger partial charge in [-0.15, -0.1) is 0 Å². The lowest BCUT2D eigenvalue weighted by Crippen LogP contribution is -2.20. The van der Waals surface area contributed by atoms with Crippen molar-refractivity contribution in [2.45, 2.75) is 20.8 Å².